The van der Waals surface area contributed by atoms with Gasteiger partial charge in [-0.3, -0.25) is 0 Å². The van der Waals surface area contributed by atoms with E-state index in [4.69, 9.17) is 0 Å². The van der Waals surface area contributed by atoms with Crippen LogP contribution in [-0.2, 0) is 0 Å². The van der Waals surface area contributed by atoms with Crippen molar-refractivity contribution in [2.24, 2.45) is 17.8 Å². The van der Waals surface area contributed by atoms with Crippen molar-refractivity contribution in [1.29, 1.82) is 0 Å². The van der Waals surface area contributed by atoms with Gasteiger partial charge in [-0.1, -0.05) is 46.1 Å². The van der Waals surface area contributed by atoms with Crippen molar-refractivity contribution in [3.8, 4) is 0 Å². The molecule has 0 radical (unpaired) electrons. The van der Waals surface area contributed by atoms with E-state index in [2.05, 4.69) is 27.4 Å². The average molecular weight is 238 g/mol. The highest BCUT2D eigenvalue weighted by Gasteiger charge is 2.37. The molecular weight excluding hydrogens is 208 g/mol. The maximum atomic E-state index is 10.9. The van der Waals surface area contributed by atoms with Crippen LogP contribution in [0.25, 0.3) is 0 Å². The molecule has 1 aliphatic rings. The maximum absolute atomic E-state index is 10.9. The zero-order valence-electron chi connectivity index (χ0n) is 11.9. The van der Waals surface area contributed by atoms with Crippen LogP contribution in [0.2, 0.25) is 0 Å². The zero-order chi connectivity index (χ0) is 12.9. The maximum Gasteiger partial charge on any atom is 0.0678 e. The summed E-state index contributed by atoms with van der Waals surface area (Å²) in [5.41, 5.74) is -0.455. The van der Waals surface area contributed by atoms with Crippen LogP contribution in [-0.4, -0.2) is 10.7 Å². The smallest absolute Gasteiger partial charge is 0.0678 e. The third kappa shape index (κ3) is 3.84. The Morgan fingerprint density at radius 3 is 2.29 bits per heavy atom. The summed E-state index contributed by atoms with van der Waals surface area (Å²) in [4.78, 5) is 0. The topological polar surface area (TPSA) is 20.2 Å². The minimum atomic E-state index is -0.455. The van der Waals surface area contributed by atoms with Crippen molar-refractivity contribution in [3.63, 3.8) is 0 Å². The molecule has 0 bridgehead atoms. The van der Waals surface area contributed by atoms with Gasteiger partial charge in [0.25, 0.3) is 0 Å². The van der Waals surface area contributed by atoms with Crippen LogP contribution in [0, 0.1) is 17.8 Å². The van der Waals surface area contributed by atoms with Crippen LogP contribution in [0.1, 0.15) is 65.7 Å². The van der Waals surface area contributed by atoms with Gasteiger partial charge >= 0.3 is 0 Å². The number of aliphatic hydroxyl groups is 1. The molecule has 100 valence electrons. The Bertz CT molecular complexity index is 228. The summed E-state index contributed by atoms with van der Waals surface area (Å²) in [6.45, 7) is 10.5. The molecule has 1 nitrogen and oxygen atoms in total. The lowest BCUT2D eigenvalue weighted by molar-refractivity contribution is -0.0545. The fourth-order valence-electron chi connectivity index (χ4n) is 3.24. The Morgan fingerprint density at radius 2 is 1.88 bits per heavy atom. The van der Waals surface area contributed by atoms with Gasteiger partial charge in [0.2, 0.25) is 0 Å². The second-order valence-corrected chi connectivity index (χ2v) is 6.14. The standard InChI is InChI=1S/C16H30O/c1-5-14(13(3)4)12-16(17,6-2)15-10-8-7-9-11-15/h5,13-15,17H,1,6-12H2,2-4H3/t14-,16?/m0/s1. The molecule has 0 aromatic rings. The van der Waals surface area contributed by atoms with Gasteiger partial charge in [-0.25, -0.2) is 0 Å². The number of hydrogen-bond donors (Lipinski definition) is 1. The summed E-state index contributed by atoms with van der Waals surface area (Å²) in [5.74, 6) is 1.54. The molecule has 0 aromatic heterocycles. The van der Waals surface area contributed by atoms with E-state index in [0.29, 0.717) is 17.8 Å². The van der Waals surface area contributed by atoms with Gasteiger partial charge in [-0.15, -0.1) is 6.58 Å². The highest BCUT2D eigenvalue weighted by molar-refractivity contribution is 4.94. The van der Waals surface area contributed by atoms with Gasteiger partial charge in [0, 0.05) is 0 Å². The molecule has 1 fully saturated rings. The van der Waals surface area contributed by atoms with Crippen molar-refractivity contribution in [3.05, 3.63) is 12.7 Å². The molecule has 0 amide bonds. The fourth-order valence-corrected chi connectivity index (χ4v) is 3.24. The first-order valence-electron chi connectivity index (χ1n) is 7.38. The minimum absolute atomic E-state index is 0.446. The lowest BCUT2D eigenvalue weighted by Gasteiger charge is -2.40. The molecule has 1 rings (SSSR count). The molecule has 2 atom stereocenters. The molecule has 0 heterocycles. The van der Waals surface area contributed by atoms with Gasteiger partial charge in [-0.05, 0) is 43.4 Å². The summed E-state index contributed by atoms with van der Waals surface area (Å²) >= 11 is 0. The molecule has 17 heavy (non-hydrogen) atoms. The highest BCUT2D eigenvalue weighted by atomic mass is 16.3. The summed E-state index contributed by atoms with van der Waals surface area (Å²) in [6, 6.07) is 0. The van der Waals surface area contributed by atoms with Crippen molar-refractivity contribution in [1.82, 2.24) is 0 Å². The molecule has 1 heteroatoms. The molecule has 0 spiro atoms. The molecule has 1 aliphatic carbocycles. The van der Waals surface area contributed by atoms with E-state index in [1.807, 2.05) is 6.08 Å². The van der Waals surface area contributed by atoms with Gasteiger partial charge < -0.3 is 5.11 Å². The number of hydrogen-bond acceptors (Lipinski definition) is 1. The Balaban J connectivity index is 2.68. The van der Waals surface area contributed by atoms with Gasteiger partial charge in [-0.2, -0.15) is 0 Å². The number of allylic oxidation sites excluding steroid dienone is 1. The van der Waals surface area contributed by atoms with E-state index in [1.54, 1.807) is 0 Å². The first-order valence-corrected chi connectivity index (χ1v) is 7.38. The average Bonchev–Trinajstić information content (AvgIpc) is 2.36. The molecule has 1 saturated carbocycles. The second-order valence-electron chi connectivity index (χ2n) is 6.14. The Kier molecular flexibility index (Phi) is 5.72. The first kappa shape index (κ1) is 14.8. The van der Waals surface area contributed by atoms with Gasteiger partial charge in [0.1, 0.15) is 0 Å². The number of rotatable bonds is 6. The molecule has 0 aliphatic heterocycles. The molecule has 1 N–H and O–H groups in total. The Labute approximate surface area is 107 Å². The van der Waals surface area contributed by atoms with Crippen LogP contribution in [0.4, 0.5) is 0 Å². The van der Waals surface area contributed by atoms with E-state index in [9.17, 15) is 5.11 Å². The van der Waals surface area contributed by atoms with Crippen LogP contribution < -0.4 is 0 Å². The monoisotopic (exact) mass is 238 g/mol. The SMILES string of the molecule is C=C[C@@H](CC(O)(CC)C1CCCCC1)C(C)C. The lowest BCUT2D eigenvalue weighted by Crippen LogP contribution is -2.40. The predicted molar refractivity (Wildman–Crippen MR) is 75.0 cm³/mol. The largest absolute Gasteiger partial charge is 0.390 e. The van der Waals surface area contributed by atoms with Gasteiger partial charge in [0.15, 0.2) is 0 Å². The van der Waals surface area contributed by atoms with E-state index in [-0.39, 0.29) is 0 Å². The summed E-state index contributed by atoms with van der Waals surface area (Å²) in [6.07, 6.45) is 10.2. The molecule has 0 saturated heterocycles. The summed E-state index contributed by atoms with van der Waals surface area (Å²) in [7, 11) is 0. The van der Waals surface area contributed by atoms with Crippen LogP contribution in [0.15, 0.2) is 12.7 Å². The van der Waals surface area contributed by atoms with Crippen LogP contribution >= 0.6 is 0 Å². The van der Waals surface area contributed by atoms with Crippen molar-refractivity contribution < 1.29 is 5.11 Å². The second kappa shape index (κ2) is 6.58. The lowest BCUT2D eigenvalue weighted by atomic mass is 9.70. The van der Waals surface area contributed by atoms with E-state index in [1.165, 1.54) is 32.1 Å². The Morgan fingerprint density at radius 1 is 1.29 bits per heavy atom. The van der Waals surface area contributed by atoms with Crippen molar-refractivity contribution in [2.75, 3.05) is 0 Å². The van der Waals surface area contributed by atoms with Crippen molar-refractivity contribution >= 4 is 0 Å². The third-order valence-corrected chi connectivity index (χ3v) is 4.73. The third-order valence-electron chi connectivity index (χ3n) is 4.73. The van der Waals surface area contributed by atoms with Gasteiger partial charge in [0.05, 0.1) is 5.60 Å². The molecule has 1 unspecified atom stereocenters. The first-order chi connectivity index (χ1) is 8.03. The van der Waals surface area contributed by atoms with E-state index < -0.39 is 5.60 Å². The summed E-state index contributed by atoms with van der Waals surface area (Å²) in [5, 5.41) is 10.9. The van der Waals surface area contributed by atoms with E-state index in [0.717, 1.165) is 12.8 Å². The van der Waals surface area contributed by atoms with Crippen LogP contribution in [0.5, 0.6) is 0 Å². The fraction of sp³-hybridized carbons (Fsp3) is 0.875. The summed E-state index contributed by atoms with van der Waals surface area (Å²) < 4.78 is 0. The minimum Gasteiger partial charge on any atom is -0.390 e. The van der Waals surface area contributed by atoms with Crippen LogP contribution in [0.3, 0.4) is 0 Å². The normalized spacial score (nSPS) is 23.4. The van der Waals surface area contributed by atoms with Crippen molar-refractivity contribution in [2.45, 2.75) is 71.3 Å². The molecular formula is C16H30O. The van der Waals surface area contributed by atoms with E-state index >= 15 is 0 Å². The quantitative estimate of drug-likeness (QED) is 0.673. The highest BCUT2D eigenvalue weighted by Crippen LogP contribution is 2.39. The predicted octanol–water partition coefficient (Wildman–Crippen LogP) is 4.56. The zero-order valence-corrected chi connectivity index (χ0v) is 11.9. The molecule has 0 aromatic carbocycles. The Hall–Kier alpha value is -0.300.